The van der Waals surface area contributed by atoms with Crippen LogP contribution < -0.4 is 0 Å². The van der Waals surface area contributed by atoms with Gasteiger partial charge in [0.05, 0.1) is 11.1 Å². The summed E-state index contributed by atoms with van der Waals surface area (Å²) in [5, 5.41) is -1.59. The van der Waals surface area contributed by atoms with Gasteiger partial charge in [-0.3, -0.25) is 0 Å². The van der Waals surface area contributed by atoms with Gasteiger partial charge in [0.25, 0.3) is 0 Å². The summed E-state index contributed by atoms with van der Waals surface area (Å²) in [5.74, 6) is 0. The molecule has 7 heteroatoms. The fourth-order valence-electron chi connectivity index (χ4n) is 1.20. The zero-order valence-corrected chi connectivity index (χ0v) is 8.62. The van der Waals surface area contributed by atoms with Crippen LogP contribution in [-0.4, -0.2) is 6.18 Å². The van der Waals surface area contributed by atoms with Crippen LogP contribution in [0.1, 0.15) is 4.88 Å². The van der Waals surface area contributed by atoms with E-state index >= 15 is 0 Å². The SMILES string of the molecule is Fc1sc(F)c2sc(CC(F)(F)F)cc12. The normalized spacial score (nSPS) is 12.6. The van der Waals surface area contributed by atoms with Crippen molar-refractivity contribution in [2.75, 3.05) is 0 Å². The van der Waals surface area contributed by atoms with Crippen molar-refractivity contribution in [3.63, 3.8) is 0 Å². The van der Waals surface area contributed by atoms with E-state index in [9.17, 15) is 22.0 Å². The van der Waals surface area contributed by atoms with Gasteiger partial charge < -0.3 is 0 Å². The lowest BCUT2D eigenvalue weighted by Gasteiger charge is -2.02. The van der Waals surface area contributed by atoms with Crippen molar-refractivity contribution >= 4 is 32.8 Å². The number of alkyl halides is 3. The van der Waals surface area contributed by atoms with Crippen LogP contribution in [0.15, 0.2) is 6.07 Å². The Bertz CT molecular complexity index is 458. The van der Waals surface area contributed by atoms with Gasteiger partial charge in [-0.25, -0.2) is 0 Å². The Kier molecular flexibility index (Phi) is 2.46. The summed E-state index contributed by atoms with van der Waals surface area (Å²) in [5.41, 5.74) is 0. The molecular weight excluding hydrogens is 255 g/mol. The minimum atomic E-state index is -4.35. The van der Waals surface area contributed by atoms with Gasteiger partial charge in [-0.05, 0) is 6.07 Å². The van der Waals surface area contributed by atoms with Crippen molar-refractivity contribution in [1.82, 2.24) is 0 Å². The molecule has 2 aromatic heterocycles. The van der Waals surface area contributed by atoms with Crippen LogP contribution in [0.2, 0.25) is 0 Å². The van der Waals surface area contributed by atoms with Crippen molar-refractivity contribution in [2.45, 2.75) is 12.6 Å². The maximum absolute atomic E-state index is 13.0. The van der Waals surface area contributed by atoms with Crippen LogP contribution in [0.3, 0.4) is 0 Å². The fraction of sp³-hybridized carbons (Fsp3) is 0.250. The highest BCUT2D eigenvalue weighted by molar-refractivity contribution is 7.22. The van der Waals surface area contributed by atoms with Gasteiger partial charge in [0.1, 0.15) is 0 Å². The smallest absolute Gasteiger partial charge is 0.194 e. The molecule has 0 saturated carbocycles. The summed E-state index contributed by atoms with van der Waals surface area (Å²) in [6, 6.07) is 1.06. The first-order valence-electron chi connectivity index (χ1n) is 3.80. The van der Waals surface area contributed by atoms with E-state index in [1.54, 1.807) is 0 Å². The third kappa shape index (κ3) is 2.12. The largest absolute Gasteiger partial charge is 0.393 e. The Hall–Kier alpha value is -0.690. The predicted octanol–water partition coefficient (Wildman–Crippen LogP) is 4.35. The summed E-state index contributed by atoms with van der Waals surface area (Å²) in [6.07, 6.45) is -5.49. The van der Waals surface area contributed by atoms with E-state index in [-0.39, 0.29) is 15.0 Å². The molecule has 15 heavy (non-hydrogen) atoms. The highest BCUT2D eigenvalue weighted by Crippen LogP contribution is 2.37. The lowest BCUT2D eigenvalue weighted by Crippen LogP contribution is -2.09. The number of hydrogen-bond donors (Lipinski definition) is 0. The Balaban J connectivity index is 2.44. The Morgan fingerprint density at radius 1 is 1.07 bits per heavy atom. The minimum Gasteiger partial charge on any atom is -0.194 e. The minimum absolute atomic E-state index is 0.0308. The molecule has 0 unspecified atom stereocenters. The third-order valence-electron chi connectivity index (χ3n) is 1.73. The second-order valence-corrected chi connectivity index (χ2v) is 4.95. The molecule has 0 aliphatic heterocycles. The average molecular weight is 258 g/mol. The van der Waals surface area contributed by atoms with Crippen molar-refractivity contribution in [3.05, 3.63) is 21.2 Å². The predicted molar refractivity (Wildman–Crippen MR) is 49.4 cm³/mol. The summed E-state index contributed by atoms with van der Waals surface area (Å²) in [7, 11) is 0. The van der Waals surface area contributed by atoms with Crippen LogP contribution in [-0.2, 0) is 6.42 Å². The summed E-state index contributed by atoms with van der Waals surface area (Å²) < 4.78 is 61.9. The van der Waals surface area contributed by atoms with Crippen molar-refractivity contribution in [2.24, 2.45) is 0 Å². The average Bonchev–Trinajstić information content (AvgIpc) is 2.53. The first-order valence-corrected chi connectivity index (χ1v) is 5.43. The lowest BCUT2D eigenvalue weighted by molar-refractivity contribution is -0.126. The molecule has 0 nitrogen and oxygen atoms in total. The van der Waals surface area contributed by atoms with E-state index in [1.807, 2.05) is 0 Å². The topological polar surface area (TPSA) is 0 Å². The first kappa shape index (κ1) is 10.8. The molecule has 0 radical (unpaired) electrons. The lowest BCUT2D eigenvalue weighted by atomic mass is 10.3. The van der Waals surface area contributed by atoms with E-state index in [0.29, 0.717) is 22.7 Å². The van der Waals surface area contributed by atoms with Crippen LogP contribution in [0.4, 0.5) is 22.0 Å². The highest BCUT2D eigenvalue weighted by atomic mass is 32.1. The molecule has 0 bridgehead atoms. The Morgan fingerprint density at radius 3 is 2.27 bits per heavy atom. The molecule has 0 N–H and O–H groups in total. The van der Waals surface area contributed by atoms with Crippen LogP contribution in [0.25, 0.3) is 10.1 Å². The van der Waals surface area contributed by atoms with E-state index in [0.717, 1.165) is 6.07 Å². The standard InChI is InChI=1S/C8H3F5S2/c9-6-4-1-3(2-8(11,12)13)14-5(4)7(10)15-6/h1H,2H2. The van der Waals surface area contributed by atoms with E-state index in [2.05, 4.69) is 0 Å². The second kappa shape index (κ2) is 3.41. The molecule has 0 aromatic carbocycles. The fourth-order valence-corrected chi connectivity index (χ4v) is 3.16. The monoisotopic (exact) mass is 258 g/mol. The molecule has 0 saturated heterocycles. The number of thiophene rings is 2. The molecule has 0 fully saturated rings. The zero-order chi connectivity index (χ0) is 11.2. The number of fused-ring (bicyclic) bond motifs is 1. The van der Waals surface area contributed by atoms with Gasteiger partial charge in [0, 0.05) is 10.3 Å². The molecule has 82 valence electrons. The van der Waals surface area contributed by atoms with E-state index in [4.69, 9.17) is 0 Å². The van der Waals surface area contributed by atoms with E-state index < -0.39 is 22.9 Å². The number of halogens is 5. The molecule has 0 amide bonds. The second-order valence-electron chi connectivity index (χ2n) is 2.90. The summed E-state index contributed by atoms with van der Waals surface area (Å²) in [4.78, 5) is -0.0712. The van der Waals surface area contributed by atoms with Crippen LogP contribution >= 0.6 is 22.7 Å². The van der Waals surface area contributed by atoms with Gasteiger partial charge in [0.15, 0.2) is 10.3 Å². The van der Waals surface area contributed by atoms with Crippen LogP contribution in [0, 0.1) is 10.3 Å². The van der Waals surface area contributed by atoms with Crippen molar-refractivity contribution < 1.29 is 22.0 Å². The quantitative estimate of drug-likeness (QED) is 0.667. The molecule has 2 aromatic rings. The number of hydrogen-bond acceptors (Lipinski definition) is 2. The van der Waals surface area contributed by atoms with Gasteiger partial charge in [-0.2, -0.15) is 22.0 Å². The highest BCUT2D eigenvalue weighted by Gasteiger charge is 2.29. The third-order valence-corrected chi connectivity index (χ3v) is 3.77. The van der Waals surface area contributed by atoms with Crippen molar-refractivity contribution in [3.8, 4) is 0 Å². The molecule has 0 atom stereocenters. The molecule has 0 aliphatic rings. The summed E-state index contributed by atoms with van der Waals surface area (Å²) in [6.45, 7) is 0. The first-order chi connectivity index (χ1) is 6.87. The van der Waals surface area contributed by atoms with Crippen molar-refractivity contribution in [1.29, 1.82) is 0 Å². The van der Waals surface area contributed by atoms with E-state index in [1.165, 1.54) is 0 Å². The van der Waals surface area contributed by atoms with Gasteiger partial charge in [-0.1, -0.05) is 11.3 Å². The maximum Gasteiger partial charge on any atom is 0.393 e. The molecule has 0 aliphatic carbocycles. The Morgan fingerprint density at radius 2 is 1.73 bits per heavy atom. The van der Waals surface area contributed by atoms with Gasteiger partial charge >= 0.3 is 6.18 Å². The number of rotatable bonds is 1. The molecular formula is C8H3F5S2. The summed E-state index contributed by atoms with van der Waals surface area (Å²) >= 11 is 0.959. The molecule has 2 heterocycles. The Labute approximate surface area is 89.0 Å². The van der Waals surface area contributed by atoms with Crippen LogP contribution in [0.5, 0.6) is 0 Å². The molecule has 2 rings (SSSR count). The van der Waals surface area contributed by atoms with Gasteiger partial charge in [0.2, 0.25) is 0 Å². The molecule has 0 spiro atoms. The maximum atomic E-state index is 13.0. The van der Waals surface area contributed by atoms with Gasteiger partial charge in [-0.15, -0.1) is 11.3 Å². The zero-order valence-electron chi connectivity index (χ0n) is 6.99.